The van der Waals surface area contributed by atoms with Gasteiger partial charge in [-0.2, -0.15) is 0 Å². The van der Waals surface area contributed by atoms with Gasteiger partial charge in [-0.25, -0.2) is 0 Å². The van der Waals surface area contributed by atoms with Crippen LogP contribution in [0.1, 0.15) is 14.4 Å². The van der Waals surface area contributed by atoms with Gasteiger partial charge in [0.25, 0.3) is 0 Å². The number of piperazine rings is 1. The molecule has 0 aromatic heterocycles. The number of ether oxygens (including phenoxy) is 1. The van der Waals surface area contributed by atoms with E-state index in [-0.39, 0.29) is 14.0 Å². The van der Waals surface area contributed by atoms with E-state index in [1.807, 2.05) is 0 Å². The molecule has 1 fully saturated rings. The molecule has 1 saturated heterocycles. The first-order valence-electron chi connectivity index (χ1n) is 5.50. The molecule has 1 aliphatic heterocycles. The topological polar surface area (TPSA) is 35.9 Å². The Bertz CT molecular complexity index is 137. The summed E-state index contributed by atoms with van der Waals surface area (Å²) < 4.78 is 5.23. The van der Waals surface area contributed by atoms with Crippen molar-refractivity contribution in [2.45, 2.75) is 14.4 Å². The highest BCUT2D eigenvalue weighted by atomic mass is 16.5. The van der Waals surface area contributed by atoms with Gasteiger partial charge in [0.15, 0.2) is 0 Å². The van der Waals surface area contributed by atoms with Gasteiger partial charge in [0, 0.05) is 32.7 Å². The molecule has 0 bridgehead atoms. The highest BCUT2D eigenvalue weighted by Gasteiger charge is 2.14. The summed E-state index contributed by atoms with van der Waals surface area (Å²) in [4.78, 5) is 4.88. The Morgan fingerprint density at radius 3 is 2.20 bits per heavy atom. The van der Waals surface area contributed by atoms with Crippen LogP contribution in [0.3, 0.4) is 0 Å². The van der Waals surface area contributed by atoms with Gasteiger partial charge in [0.2, 0.25) is 0 Å². The van der Waals surface area contributed by atoms with E-state index < -0.39 is 0 Å². The van der Waals surface area contributed by atoms with Gasteiger partial charge in [0.1, 0.15) is 0 Å². The molecule has 4 heteroatoms. The van der Waals surface area contributed by atoms with E-state index in [1.165, 1.54) is 13.1 Å². The minimum Gasteiger partial charge on any atom is -0.394 e. The summed E-state index contributed by atoms with van der Waals surface area (Å²) >= 11 is 0. The van der Waals surface area contributed by atoms with E-state index in [4.69, 9.17) is 9.84 Å². The molecule has 1 N–H and O–H groups in total. The van der Waals surface area contributed by atoms with Crippen LogP contribution in [0, 0.1) is 0 Å². The Kier molecular flexibility index (Phi) is 9.00. The van der Waals surface area contributed by atoms with E-state index in [9.17, 15) is 0 Å². The van der Waals surface area contributed by atoms with E-state index in [0.29, 0.717) is 6.61 Å². The highest BCUT2D eigenvalue weighted by Crippen LogP contribution is 2.00. The monoisotopic (exact) mass is 218 g/mol. The zero-order valence-corrected chi connectivity index (χ0v) is 9.11. The first-order valence-corrected chi connectivity index (χ1v) is 5.50. The molecule has 0 aromatic carbocycles. The van der Waals surface area contributed by atoms with Crippen LogP contribution in [-0.2, 0) is 4.74 Å². The predicted octanol–water partition coefficient (Wildman–Crippen LogP) is 0.269. The van der Waals surface area contributed by atoms with E-state index in [2.05, 4.69) is 16.7 Å². The third-order valence-electron chi connectivity index (χ3n) is 2.70. The largest absolute Gasteiger partial charge is 0.394 e. The molecule has 0 amide bonds. The smallest absolute Gasteiger partial charge is 0.0698 e. The van der Waals surface area contributed by atoms with Crippen molar-refractivity contribution in [1.29, 1.82) is 0 Å². The number of nitrogens with zero attached hydrogens (tertiary/aromatic N) is 2. The number of hydrogen-bond acceptors (Lipinski definition) is 4. The summed E-state index contributed by atoms with van der Waals surface area (Å²) in [5.74, 6) is 0. The Morgan fingerprint density at radius 1 is 1.07 bits per heavy atom. The van der Waals surface area contributed by atoms with Crippen molar-refractivity contribution in [1.82, 2.24) is 9.80 Å². The summed E-state index contributed by atoms with van der Waals surface area (Å²) in [5, 5.41) is 8.52. The Morgan fingerprint density at radius 2 is 1.67 bits per heavy atom. The first kappa shape index (κ1) is 14.8. The lowest BCUT2D eigenvalue weighted by Crippen LogP contribution is -2.47. The predicted molar refractivity (Wildman–Crippen MR) is 63.2 cm³/mol. The third kappa shape index (κ3) is 6.10. The quantitative estimate of drug-likeness (QED) is 0.649. The van der Waals surface area contributed by atoms with Gasteiger partial charge in [-0.1, -0.05) is 14.4 Å². The van der Waals surface area contributed by atoms with Crippen molar-refractivity contribution < 1.29 is 9.84 Å². The molecule has 1 heterocycles. The van der Waals surface area contributed by atoms with E-state index >= 15 is 0 Å². The fourth-order valence-corrected chi connectivity index (χ4v) is 1.69. The summed E-state index contributed by atoms with van der Waals surface area (Å²) in [7, 11) is 0. The van der Waals surface area contributed by atoms with Crippen LogP contribution in [0.15, 0.2) is 0 Å². The Labute approximate surface area is 93.8 Å². The average Bonchev–Trinajstić information content (AvgIpc) is 2.25. The number of aliphatic hydroxyl groups excluding tert-OH is 1. The number of hydrogen-bond donors (Lipinski definition) is 1. The zero-order chi connectivity index (χ0) is 10.2. The van der Waals surface area contributed by atoms with Crippen molar-refractivity contribution >= 4 is 0 Å². The van der Waals surface area contributed by atoms with Crippen molar-refractivity contribution in [2.24, 2.45) is 0 Å². The maximum Gasteiger partial charge on any atom is 0.0698 e. The lowest BCUT2D eigenvalue weighted by Gasteiger charge is -2.33. The van der Waals surface area contributed by atoms with Crippen molar-refractivity contribution in [3.63, 3.8) is 0 Å². The van der Waals surface area contributed by atoms with Gasteiger partial charge in [-0.15, -0.1) is 0 Å². The molecule has 0 unspecified atom stereocenters. The maximum atomic E-state index is 8.52. The molecule has 4 nitrogen and oxygen atoms in total. The van der Waals surface area contributed by atoms with Crippen LogP contribution in [0.2, 0.25) is 0 Å². The number of likely N-dealkylation sites (N-methyl/N-ethyl adjacent to an activating group) is 1. The normalized spacial score (nSPS) is 18.8. The van der Waals surface area contributed by atoms with Gasteiger partial charge in [0.05, 0.1) is 19.8 Å². The summed E-state index contributed by atoms with van der Waals surface area (Å²) in [5.41, 5.74) is 0. The lowest BCUT2D eigenvalue weighted by molar-refractivity contribution is 0.0585. The molecule has 92 valence electrons. The molecule has 0 aliphatic carbocycles. The summed E-state index contributed by atoms with van der Waals surface area (Å²) in [6, 6.07) is 0. The zero-order valence-electron chi connectivity index (χ0n) is 9.11. The Balaban J connectivity index is 0.00000196. The molecule has 0 atom stereocenters. The molecule has 15 heavy (non-hydrogen) atoms. The third-order valence-corrected chi connectivity index (χ3v) is 2.70. The van der Waals surface area contributed by atoms with Crippen molar-refractivity contribution in [3.05, 3.63) is 0 Å². The highest BCUT2D eigenvalue weighted by molar-refractivity contribution is 4.70. The second kappa shape index (κ2) is 9.09. The van der Waals surface area contributed by atoms with Crippen LogP contribution in [-0.4, -0.2) is 74.0 Å². The molecule has 1 rings (SSSR count). The molecule has 0 spiro atoms. The van der Waals surface area contributed by atoms with Gasteiger partial charge in [-0.05, 0) is 6.54 Å². The summed E-state index contributed by atoms with van der Waals surface area (Å²) in [6.07, 6.45) is 0. The molecular weight excluding hydrogens is 192 g/mol. The van der Waals surface area contributed by atoms with Crippen LogP contribution in [0.25, 0.3) is 0 Å². The minimum absolute atomic E-state index is 0. The molecule has 0 radical (unpaired) electrons. The van der Waals surface area contributed by atoms with E-state index in [1.54, 1.807) is 0 Å². The molecule has 0 aromatic rings. The lowest BCUT2D eigenvalue weighted by atomic mass is 10.3. The Hall–Kier alpha value is -0.160. The van der Waals surface area contributed by atoms with Crippen molar-refractivity contribution in [3.8, 4) is 0 Å². The number of rotatable bonds is 6. The standard InChI is InChI=1S/C10H22N2O2.CH4/c1-2-11-3-5-12(6-4-11)7-9-14-10-8-13;/h13H,2-10H2,1H3;1H4. The van der Waals surface area contributed by atoms with Crippen LogP contribution >= 0.6 is 0 Å². The fourth-order valence-electron chi connectivity index (χ4n) is 1.69. The maximum absolute atomic E-state index is 8.52. The van der Waals surface area contributed by atoms with Crippen molar-refractivity contribution in [2.75, 3.05) is 59.1 Å². The fraction of sp³-hybridized carbons (Fsp3) is 1.00. The minimum atomic E-state index is 0. The SMILES string of the molecule is C.CCN1CCN(CCOCCO)CC1. The van der Waals surface area contributed by atoms with Crippen LogP contribution < -0.4 is 0 Å². The van der Waals surface area contributed by atoms with Crippen LogP contribution in [0.5, 0.6) is 0 Å². The van der Waals surface area contributed by atoms with Crippen LogP contribution in [0.4, 0.5) is 0 Å². The van der Waals surface area contributed by atoms with Gasteiger partial charge < -0.3 is 14.7 Å². The van der Waals surface area contributed by atoms with Gasteiger partial charge in [-0.3, -0.25) is 4.90 Å². The second-order valence-electron chi connectivity index (χ2n) is 3.61. The second-order valence-corrected chi connectivity index (χ2v) is 3.61. The number of aliphatic hydroxyl groups is 1. The van der Waals surface area contributed by atoms with Gasteiger partial charge >= 0.3 is 0 Å². The van der Waals surface area contributed by atoms with E-state index in [0.717, 1.165) is 32.8 Å². The molecule has 1 aliphatic rings. The first-order chi connectivity index (χ1) is 6.86. The average molecular weight is 218 g/mol. The summed E-state index contributed by atoms with van der Waals surface area (Å²) in [6.45, 7) is 10.4. The molecule has 0 saturated carbocycles. The molecular formula is C11H26N2O2.